The Morgan fingerprint density at radius 3 is 1.02 bits per heavy atom. The van der Waals surface area contributed by atoms with Crippen LogP contribution in [0.3, 0.4) is 0 Å². The van der Waals surface area contributed by atoms with Crippen molar-refractivity contribution in [1.29, 1.82) is 0 Å². The van der Waals surface area contributed by atoms with Crippen LogP contribution in [0.4, 0.5) is 65.9 Å². The van der Waals surface area contributed by atoms with E-state index >= 15 is 26.3 Å². The molecule has 0 fully saturated rings. The van der Waals surface area contributed by atoms with Gasteiger partial charge in [-0.2, -0.15) is 16.8 Å². The van der Waals surface area contributed by atoms with E-state index in [2.05, 4.69) is 19.9 Å². The second-order valence-electron chi connectivity index (χ2n) is 13.5. The van der Waals surface area contributed by atoms with Gasteiger partial charge in [-0.25, -0.2) is 65.9 Å². The first-order valence-electron chi connectivity index (χ1n) is 17.0. The number of rotatable bonds is 5. The Kier molecular flexibility index (Phi) is 10.1. The number of hydrogen-bond donors (Lipinski definition) is 5. The lowest BCUT2D eigenvalue weighted by Crippen LogP contribution is -2.06. The van der Waals surface area contributed by atoms with Crippen molar-refractivity contribution in [2.45, 2.75) is 22.6 Å². The molecule has 3 aromatic carbocycles. The molecule has 7 aromatic rings. The third-order valence-electron chi connectivity index (χ3n) is 9.96. The second-order valence-corrected chi connectivity index (χ2v) is 16.3. The minimum atomic E-state index is -5.85. The Balaban J connectivity index is 1.77. The molecule has 1 aliphatic heterocycles. The zero-order valence-electron chi connectivity index (χ0n) is 30.2. The monoisotopic (exact) mass is 958 g/mol. The number of aromatic nitrogens is 4. The smallest absolute Gasteiger partial charge is 0.296 e. The molecule has 27 heteroatoms. The van der Waals surface area contributed by atoms with E-state index in [1.807, 2.05) is 0 Å². The van der Waals surface area contributed by atoms with Gasteiger partial charge in [0, 0.05) is 27.7 Å². The second kappa shape index (κ2) is 14.7. The minimum absolute atomic E-state index is 0.277. The minimum Gasteiger partial charge on any atom is -0.354 e. The van der Waals surface area contributed by atoms with E-state index in [9.17, 15) is 65.5 Å². The predicted octanol–water partition coefficient (Wildman–Crippen LogP) is 9.89. The normalized spacial score (nSPS) is 12.9. The number of halogens is 15. The summed E-state index contributed by atoms with van der Waals surface area (Å²) in [6.45, 7) is 0. The van der Waals surface area contributed by atoms with Gasteiger partial charge in [-0.3, -0.25) is 14.1 Å². The van der Waals surface area contributed by atoms with Gasteiger partial charge >= 0.3 is 0 Å². The molecular formula is C37H13F15N4O6S2. The van der Waals surface area contributed by atoms with Gasteiger partial charge < -0.3 is 15.0 Å². The topological polar surface area (TPSA) is 169 Å². The summed E-state index contributed by atoms with van der Waals surface area (Å²) in [4.78, 5) is 7.17. The van der Waals surface area contributed by atoms with Gasteiger partial charge in [-0.1, -0.05) is 0 Å². The molecular weight excluding hydrogens is 946 g/mol. The largest absolute Gasteiger partial charge is 0.354 e. The average Bonchev–Trinajstić information content (AvgIpc) is 4.07. The van der Waals surface area contributed by atoms with Crippen molar-refractivity contribution in [3.8, 4) is 33.4 Å². The van der Waals surface area contributed by atoms with Crippen LogP contribution in [0.2, 0.25) is 0 Å². The summed E-state index contributed by atoms with van der Waals surface area (Å²) in [5, 5.41) is 0. The molecule has 334 valence electrons. The van der Waals surface area contributed by atoms with Crippen LogP contribution < -0.4 is 0 Å². The molecule has 0 unspecified atom stereocenters. The van der Waals surface area contributed by atoms with E-state index in [4.69, 9.17) is 0 Å². The molecule has 8 rings (SSSR count). The Bertz CT molecular complexity index is 3560. The number of fused-ring (bicyclic) bond motifs is 9. The fourth-order valence-corrected chi connectivity index (χ4v) is 8.57. The van der Waals surface area contributed by atoms with Gasteiger partial charge in [0.15, 0.2) is 69.8 Å². The SMILES string of the molecule is O=S(=O)(O)c1cc2[nH]c1c(-c1c(F)c(F)c(F)c(F)c1F)c1nc(c(-c3c(F)c(F)c(F)c(F)c3F)c3ccc([nH]3)c(-c3c(F)c(F)c(F)c(F)c3F)c3[nH]c2cc3S(=O)(=O)O)CC1. The number of aromatic amines is 3. The molecule has 8 bridgehead atoms. The van der Waals surface area contributed by atoms with Gasteiger partial charge in [0.2, 0.25) is 17.5 Å². The molecule has 0 saturated heterocycles. The Morgan fingerprint density at radius 1 is 0.375 bits per heavy atom. The number of aryl methyl sites for hydroxylation is 2. The predicted molar refractivity (Wildman–Crippen MR) is 189 cm³/mol. The quantitative estimate of drug-likeness (QED) is 0.0495. The lowest BCUT2D eigenvalue weighted by molar-refractivity contribution is 0.381. The van der Waals surface area contributed by atoms with E-state index in [0.717, 1.165) is 0 Å². The van der Waals surface area contributed by atoms with Crippen LogP contribution in [0.1, 0.15) is 11.4 Å². The van der Waals surface area contributed by atoms with Gasteiger partial charge in [-0.05, 0) is 37.1 Å². The van der Waals surface area contributed by atoms with E-state index in [0.29, 0.717) is 12.1 Å². The molecule has 5 N–H and O–H groups in total. The maximum absolute atomic E-state index is 15.8. The highest BCUT2D eigenvalue weighted by Crippen LogP contribution is 2.44. The summed E-state index contributed by atoms with van der Waals surface area (Å²) in [6, 6.07) is 1.70. The molecule has 0 spiro atoms. The molecule has 0 saturated carbocycles. The van der Waals surface area contributed by atoms with Crippen molar-refractivity contribution in [3.05, 3.63) is 123 Å². The molecule has 0 atom stereocenters. The Hall–Kier alpha value is -6.58. The van der Waals surface area contributed by atoms with Crippen molar-refractivity contribution in [1.82, 2.24) is 19.9 Å². The van der Waals surface area contributed by atoms with Crippen molar-refractivity contribution < 1.29 is 91.8 Å². The van der Waals surface area contributed by atoms with Gasteiger partial charge in [0.05, 0.1) is 50.1 Å². The van der Waals surface area contributed by atoms with E-state index in [1.54, 1.807) is 0 Å². The van der Waals surface area contributed by atoms with Gasteiger partial charge in [0.25, 0.3) is 20.2 Å². The van der Waals surface area contributed by atoms with Crippen molar-refractivity contribution in [3.63, 3.8) is 0 Å². The number of nitrogens with one attached hydrogen (secondary N) is 3. The first-order valence-corrected chi connectivity index (χ1v) is 19.9. The lowest BCUT2D eigenvalue weighted by atomic mass is 9.98. The summed E-state index contributed by atoms with van der Waals surface area (Å²) < 4.78 is 299. The van der Waals surface area contributed by atoms with Crippen LogP contribution in [0.5, 0.6) is 0 Å². The Labute approximate surface area is 343 Å². The number of nitrogens with zero attached hydrogens (tertiary/aromatic N) is 1. The van der Waals surface area contributed by atoms with Crippen molar-refractivity contribution in [2.24, 2.45) is 0 Å². The van der Waals surface area contributed by atoms with Crippen LogP contribution in [0, 0.1) is 87.3 Å². The first kappa shape index (κ1) is 44.0. The summed E-state index contributed by atoms with van der Waals surface area (Å²) in [5.74, 6) is -40.4. The van der Waals surface area contributed by atoms with E-state index in [1.165, 1.54) is 0 Å². The maximum Gasteiger partial charge on any atom is 0.296 e. The maximum atomic E-state index is 15.8. The zero-order valence-corrected chi connectivity index (χ0v) is 31.8. The van der Waals surface area contributed by atoms with Crippen LogP contribution in [-0.2, 0) is 33.1 Å². The molecule has 1 aliphatic rings. The van der Waals surface area contributed by atoms with Crippen LogP contribution in [0.25, 0.3) is 66.5 Å². The van der Waals surface area contributed by atoms with Crippen LogP contribution in [0.15, 0.2) is 34.1 Å². The Morgan fingerprint density at radius 2 is 0.656 bits per heavy atom. The average molecular weight is 959 g/mol. The highest BCUT2D eigenvalue weighted by Gasteiger charge is 2.36. The molecule has 4 aromatic heterocycles. The van der Waals surface area contributed by atoms with Crippen LogP contribution in [-0.4, -0.2) is 45.9 Å². The van der Waals surface area contributed by atoms with Crippen molar-refractivity contribution in [2.75, 3.05) is 0 Å². The van der Waals surface area contributed by atoms with E-state index in [-0.39, 0.29) is 12.1 Å². The molecule has 0 amide bonds. The summed E-state index contributed by atoms with van der Waals surface area (Å²) >= 11 is 0. The summed E-state index contributed by atoms with van der Waals surface area (Å²) in [5.41, 5.74) is -18.9. The molecule has 0 aliphatic carbocycles. The molecule has 0 radical (unpaired) electrons. The molecule has 64 heavy (non-hydrogen) atoms. The zero-order chi connectivity index (χ0) is 47.0. The third kappa shape index (κ3) is 6.46. The fourth-order valence-electron chi connectivity index (χ4n) is 7.22. The lowest BCUT2D eigenvalue weighted by Gasteiger charge is -2.11. The highest BCUT2D eigenvalue weighted by molar-refractivity contribution is 7.86. The third-order valence-corrected chi connectivity index (χ3v) is 11.7. The highest BCUT2D eigenvalue weighted by atomic mass is 32.2. The van der Waals surface area contributed by atoms with Gasteiger partial charge in [0.1, 0.15) is 9.79 Å². The first-order chi connectivity index (χ1) is 29.8. The fraction of sp³-hybridized carbons (Fsp3) is 0.0541. The van der Waals surface area contributed by atoms with E-state index < -0.39 is 208 Å². The summed E-state index contributed by atoms with van der Waals surface area (Å²) in [7, 11) is -11.7. The van der Waals surface area contributed by atoms with Crippen LogP contribution >= 0.6 is 0 Å². The molecule has 5 heterocycles. The standard InChI is InChI=1S/C37H13F15N4O6S2/c38-21-18(22(39)28(45)33(50)27(21)44)15-7-1-3-9(53-7)16(19-23(40)29(46)34(51)30(47)24(19)41)36-13(63(57,58)59)5-11(55-36)12-6-14(64(60,61)62)37(56-12)17(10-4-2-8(15)54-10)20-25(42)31(48)35(52)32(49)26(20)43/h1,3,5-6,53,55-56H,2,4H2,(H,57,58,59)(H,60,61,62). The van der Waals surface area contributed by atoms with Gasteiger partial charge in [-0.15, -0.1) is 0 Å². The summed E-state index contributed by atoms with van der Waals surface area (Å²) in [6.07, 6.45) is -1.84. The van der Waals surface area contributed by atoms with Crippen molar-refractivity contribution >= 4 is 53.3 Å². The number of hydrogen-bond acceptors (Lipinski definition) is 5. The number of H-pyrrole nitrogens is 3. The molecule has 10 nitrogen and oxygen atoms in total. The number of benzene rings is 3.